The fraction of sp³-hybridized carbons (Fsp3) is 1.00. The molecule has 0 aliphatic rings. The molecule has 16 heavy (non-hydrogen) atoms. The van der Waals surface area contributed by atoms with Crippen LogP contribution in [-0.2, 0) is 9.84 Å². The van der Waals surface area contributed by atoms with Crippen molar-refractivity contribution >= 4 is 9.84 Å². The maximum absolute atomic E-state index is 12.0. The van der Waals surface area contributed by atoms with Gasteiger partial charge in [-0.3, -0.25) is 0 Å². The lowest BCUT2D eigenvalue weighted by Crippen LogP contribution is -2.29. The molecule has 98 valence electrons. The third-order valence-corrected chi connectivity index (χ3v) is 5.72. The van der Waals surface area contributed by atoms with Crippen LogP contribution in [0.2, 0.25) is 0 Å². The lowest BCUT2D eigenvalue weighted by Gasteiger charge is -2.20. The van der Waals surface area contributed by atoms with Gasteiger partial charge in [0.2, 0.25) is 0 Å². The zero-order valence-corrected chi connectivity index (χ0v) is 12.1. The van der Waals surface area contributed by atoms with Crippen LogP contribution in [0.25, 0.3) is 0 Å². The second-order valence-corrected chi connectivity index (χ2v) is 7.34. The van der Waals surface area contributed by atoms with Crippen molar-refractivity contribution in [2.24, 2.45) is 5.92 Å². The Morgan fingerprint density at radius 2 is 1.56 bits per heavy atom. The van der Waals surface area contributed by atoms with Crippen LogP contribution in [0.3, 0.4) is 0 Å². The Morgan fingerprint density at radius 3 is 2.00 bits per heavy atom. The van der Waals surface area contributed by atoms with Gasteiger partial charge >= 0.3 is 0 Å². The molecule has 0 heterocycles. The van der Waals surface area contributed by atoms with E-state index in [1.54, 1.807) is 0 Å². The molecule has 0 saturated heterocycles. The SMILES string of the molecule is CCCCCCC(C(C)C)S(=O)(=O)CCC. The maximum Gasteiger partial charge on any atom is 0.153 e. The van der Waals surface area contributed by atoms with Crippen molar-refractivity contribution < 1.29 is 8.42 Å². The van der Waals surface area contributed by atoms with E-state index < -0.39 is 9.84 Å². The summed E-state index contributed by atoms with van der Waals surface area (Å²) < 4.78 is 24.1. The Balaban J connectivity index is 4.28. The predicted molar refractivity (Wildman–Crippen MR) is 71.5 cm³/mol. The summed E-state index contributed by atoms with van der Waals surface area (Å²) in [5.74, 6) is 0.599. The first-order valence-corrected chi connectivity index (χ1v) is 8.38. The van der Waals surface area contributed by atoms with E-state index in [0.717, 1.165) is 19.3 Å². The fourth-order valence-electron chi connectivity index (χ4n) is 2.14. The summed E-state index contributed by atoms with van der Waals surface area (Å²) in [4.78, 5) is 0. The summed E-state index contributed by atoms with van der Waals surface area (Å²) in [5.41, 5.74) is 0. The van der Waals surface area contributed by atoms with Crippen LogP contribution in [0.1, 0.15) is 66.2 Å². The first kappa shape index (κ1) is 16.0. The molecular weight excluding hydrogens is 220 g/mol. The van der Waals surface area contributed by atoms with Crippen molar-refractivity contribution in [2.45, 2.75) is 71.5 Å². The number of unbranched alkanes of at least 4 members (excludes halogenated alkanes) is 3. The Kier molecular flexibility index (Phi) is 8.08. The smallest absolute Gasteiger partial charge is 0.153 e. The normalized spacial score (nSPS) is 14.3. The highest BCUT2D eigenvalue weighted by molar-refractivity contribution is 7.92. The highest BCUT2D eigenvalue weighted by Gasteiger charge is 2.26. The van der Waals surface area contributed by atoms with E-state index in [9.17, 15) is 8.42 Å². The number of sulfone groups is 1. The third kappa shape index (κ3) is 5.88. The maximum atomic E-state index is 12.0. The van der Waals surface area contributed by atoms with Gasteiger partial charge in [-0.2, -0.15) is 0 Å². The topological polar surface area (TPSA) is 34.1 Å². The first-order chi connectivity index (χ1) is 7.45. The van der Waals surface area contributed by atoms with E-state index in [4.69, 9.17) is 0 Å². The van der Waals surface area contributed by atoms with Crippen LogP contribution in [0.15, 0.2) is 0 Å². The molecule has 0 radical (unpaired) electrons. The molecule has 3 heteroatoms. The lowest BCUT2D eigenvalue weighted by atomic mass is 10.0. The van der Waals surface area contributed by atoms with Gasteiger partial charge in [0.25, 0.3) is 0 Å². The molecule has 0 aliphatic carbocycles. The summed E-state index contributed by atoms with van der Waals surface area (Å²) >= 11 is 0. The minimum Gasteiger partial charge on any atom is -0.229 e. The van der Waals surface area contributed by atoms with Gasteiger partial charge in [-0.25, -0.2) is 8.42 Å². The van der Waals surface area contributed by atoms with E-state index >= 15 is 0 Å². The molecule has 2 nitrogen and oxygen atoms in total. The summed E-state index contributed by atoms with van der Waals surface area (Å²) in [6, 6.07) is 0. The summed E-state index contributed by atoms with van der Waals surface area (Å²) in [7, 11) is -2.86. The highest BCUT2D eigenvalue weighted by Crippen LogP contribution is 2.21. The van der Waals surface area contributed by atoms with Crippen LogP contribution in [0.4, 0.5) is 0 Å². The van der Waals surface area contributed by atoms with Gasteiger partial charge in [-0.15, -0.1) is 0 Å². The van der Waals surface area contributed by atoms with Crippen molar-refractivity contribution in [1.82, 2.24) is 0 Å². The number of rotatable bonds is 9. The summed E-state index contributed by atoms with van der Waals surface area (Å²) in [5, 5.41) is -0.121. The summed E-state index contributed by atoms with van der Waals surface area (Å²) in [6.45, 7) is 8.16. The van der Waals surface area contributed by atoms with Crippen LogP contribution in [0.5, 0.6) is 0 Å². The van der Waals surface area contributed by atoms with E-state index in [2.05, 4.69) is 6.92 Å². The molecule has 0 aromatic carbocycles. The molecule has 0 bridgehead atoms. The largest absolute Gasteiger partial charge is 0.229 e. The van der Waals surface area contributed by atoms with E-state index in [0.29, 0.717) is 5.75 Å². The molecule has 0 amide bonds. The molecular formula is C13H28O2S. The predicted octanol–water partition coefficient (Wildman–Crippen LogP) is 3.81. The molecule has 0 rings (SSSR count). The minimum atomic E-state index is -2.86. The Labute approximate surface area is 102 Å². The van der Waals surface area contributed by atoms with Crippen molar-refractivity contribution in [3.8, 4) is 0 Å². The molecule has 0 spiro atoms. The van der Waals surface area contributed by atoms with Gasteiger partial charge in [0, 0.05) is 0 Å². The van der Waals surface area contributed by atoms with E-state index in [1.807, 2.05) is 20.8 Å². The van der Waals surface area contributed by atoms with Gasteiger partial charge in [-0.1, -0.05) is 53.4 Å². The van der Waals surface area contributed by atoms with Gasteiger partial charge in [0.1, 0.15) is 0 Å². The fourth-order valence-corrected chi connectivity index (χ4v) is 4.36. The molecule has 0 saturated carbocycles. The van der Waals surface area contributed by atoms with Gasteiger partial charge in [0.05, 0.1) is 11.0 Å². The zero-order valence-electron chi connectivity index (χ0n) is 11.3. The Morgan fingerprint density at radius 1 is 0.938 bits per heavy atom. The molecule has 0 aromatic rings. The lowest BCUT2D eigenvalue weighted by molar-refractivity contribution is 0.490. The Hall–Kier alpha value is -0.0500. The van der Waals surface area contributed by atoms with Crippen LogP contribution in [0, 0.1) is 5.92 Å². The summed E-state index contributed by atoms with van der Waals surface area (Å²) in [6.07, 6.45) is 6.23. The van der Waals surface area contributed by atoms with Gasteiger partial charge in [0.15, 0.2) is 9.84 Å². The molecule has 1 unspecified atom stereocenters. The van der Waals surface area contributed by atoms with Crippen LogP contribution < -0.4 is 0 Å². The standard InChI is InChI=1S/C13H28O2S/c1-5-7-8-9-10-13(12(3)4)16(14,15)11-6-2/h12-13H,5-11H2,1-4H3. The average molecular weight is 248 g/mol. The van der Waals surface area contributed by atoms with Crippen LogP contribution in [-0.4, -0.2) is 19.4 Å². The zero-order chi connectivity index (χ0) is 12.6. The third-order valence-electron chi connectivity index (χ3n) is 3.04. The molecule has 0 aliphatic heterocycles. The molecule has 0 N–H and O–H groups in total. The highest BCUT2D eigenvalue weighted by atomic mass is 32.2. The van der Waals surface area contributed by atoms with Crippen molar-refractivity contribution in [3.63, 3.8) is 0 Å². The minimum absolute atomic E-state index is 0.121. The second kappa shape index (κ2) is 8.10. The van der Waals surface area contributed by atoms with Gasteiger partial charge in [-0.05, 0) is 18.8 Å². The second-order valence-electron chi connectivity index (χ2n) is 5.00. The number of hydrogen-bond donors (Lipinski definition) is 0. The van der Waals surface area contributed by atoms with Crippen molar-refractivity contribution in [1.29, 1.82) is 0 Å². The average Bonchev–Trinajstić information content (AvgIpc) is 2.16. The number of hydrogen-bond acceptors (Lipinski definition) is 2. The van der Waals surface area contributed by atoms with Crippen molar-refractivity contribution in [2.75, 3.05) is 5.75 Å². The molecule has 0 fully saturated rings. The Bertz CT molecular complexity index is 255. The van der Waals surface area contributed by atoms with E-state index in [1.165, 1.54) is 19.3 Å². The van der Waals surface area contributed by atoms with E-state index in [-0.39, 0.29) is 11.2 Å². The van der Waals surface area contributed by atoms with Gasteiger partial charge < -0.3 is 0 Å². The van der Waals surface area contributed by atoms with Crippen molar-refractivity contribution in [3.05, 3.63) is 0 Å². The molecule has 0 aromatic heterocycles. The first-order valence-electron chi connectivity index (χ1n) is 6.67. The van der Waals surface area contributed by atoms with Crippen LogP contribution >= 0.6 is 0 Å². The molecule has 1 atom stereocenters. The quantitative estimate of drug-likeness (QED) is 0.582. The monoisotopic (exact) mass is 248 g/mol.